The Morgan fingerprint density at radius 2 is 1.77 bits per heavy atom. The quantitative estimate of drug-likeness (QED) is 0.397. The van der Waals surface area contributed by atoms with Crippen molar-refractivity contribution in [2.45, 2.75) is 19.3 Å². The third-order valence-corrected chi connectivity index (χ3v) is 5.99. The minimum atomic E-state index is 0.444. The predicted molar refractivity (Wildman–Crippen MR) is 124 cm³/mol. The van der Waals surface area contributed by atoms with E-state index in [4.69, 9.17) is 38.7 Å². The maximum Gasteiger partial charge on any atom is 0.180 e. The molecule has 10 heteroatoms. The van der Waals surface area contributed by atoms with E-state index in [9.17, 15) is 0 Å². The Morgan fingerprint density at radius 3 is 2.42 bits per heavy atom. The molecule has 0 spiro atoms. The van der Waals surface area contributed by atoms with Gasteiger partial charge in [-0.05, 0) is 37.5 Å². The summed E-state index contributed by atoms with van der Waals surface area (Å²) in [6.45, 7) is 0. The Kier molecular flexibility index (Phi) is 6.60. The van der Waals surface area contributed by atoms with Crippen LogP contribution in [0, 0.1) is 0 Å². The molecule has 158 valence electrons. The molecule has 0 aliphatic heterocycles. The molecule has 0 aliphatic carbocycles. The number of benzene rings is 1. The zero-order valence-electron chi connectivity index (χ0n) is 16.5. The third-order valence-electron chi connectivity index (χ3n) is 4.51. The monoisotopic (exact) mass is 472 g/mol. The van der Waals surface area contributed by atoms with Crippen LogP contribution in [-0.4, -0.2) is 32.0 Å². The normalized spacial score (nSPS) is 10.9. The summed E-state index contributed by atoms with van der Waals surface area (Å²) in [4.78, 5) is 23.1. The van der Waals surface area contributed by atoms with Gasteiger partial charge in [0.15, 0.2) is 11.0 Å². The summed E-state index contributed by atoms with van der Waals surface area (Å²) in [5, 5.41) is 1.46. The number of aromatic nitrogens is 5. The molecule has 0 saturated heterocycles. The van der Waals surface area contributed by atoms with Crippen molar-refractivity contribution < 1.29 is 4.74 Å². The number of hydrogen-bond donors (Lipinski definition) is 1. The minimum Gasteiger partial charge on any atom is -0.497 e. The van der Waals surface area contributed by atoms with Gasteiger partial charge in [-0.25, -0.2) is 19.9 Å². The van der Waals surface area contributed by atoms with E-state index >= 15 is 0 Å². The third kappa shape index (κ3) is 5.10. The van der Waals surface area contributed by atoms with Gasteiger partial charge in [-0.1, -0.05) is 23.2 Å². The van der Waals surface area contributed by atoms with Gasteiger partial charge in [-0.3, -0.25) is 4.98 Å². The van der Waals surface area contributed by atoms with Gasteiger partial charge >= 0.3 is 0 Å². The van der Waals surface area contributed by atoms with Crippen LogP contribution in [0.25, 0.3) is 22.8 Å². The number of nitrogens with two attached hydrogens (primary N) is 1. The molecule has 0 aliphatic rings. The highest BCUT2D eigenvalue weighted by Gasteiger charge is 2.16. The highest BCUT2D eigenvalue weighted by Crippen LogP contribution is 2.38. The van der Waals surface area contributed by atoms with E-state index in [1.54, 1.807) is 37.8 Å². The number of rotatable bonds is 7. The first kappa shape index (κ1) is 21.4. The van der Waals surface area contributed by atoms with E-state index in [-0.39, 0.29) is 0 Å². The lowest BCUT2D eigenvalue weighted by Crippen LogP contribution is -2.01. The van der Waals surface area contributed by atoms with E-state index in [2.05, 4.69) is 19.9 Å². The Balaban J connectivity index is 1.70. The van der Waals surface area contributed by atoms with Gasteiger partial charge in [-0.15, -0.1) is 11.3 Å². The Morgan fingerprint density at radius 1 is 0.968 bits per heavy atom. The molecule has 0 atom stereocenters. The second-order valence-electron chi connectivity index (χ2n) is 6.64. The lowest BCUT2D eigenvalue weighted by Gasteiger charge is -2.12. The van der Waals surface area contributed by atoms with Crippen molar-refractivity contribution >= 4 is 39.7 Å². The summed E-state index contributed by atoms with van der Waals surface area (Å²) in [6.07, 6.45) is 9.11. The largest absolute Gasteiger partial charge is 0.497 e. The molecule has 4 aromatic rings. The number of halogens is 2. The van der Waals surface area contributed by atoms with Crippen molar-refractivity contribution in [2.24, 2.45) is 0 Å². The fourth-order valence-electron chi connectivity index (χ4n) is 3.08. The summed E-state index contributed by atoms with van der Waals surface area (Å²) in [7, 11) is 1.56. The molecular formula is C21H18Cl2N6OS. The smallest absolute Gasteiger partial charge is 0.180 e. The molecule has 31 heavy (non-hydrogen) atoms. The lowest BCUT2D eigenvalue weighted by molar-refractivity contribution is 0.415. The second-order valence-corrected chi connectivity index (χ2v) is 8.60. The lowest BCUT2D eigenvalue weighted by atomic mass is 10.1. The van der Waals surface area contributed by atoms with Crippen LogP contribution >= 0.6 is 34.5 Å². The highest BCUT2D eigenvalue weighted by atomic mass is 35.5. The van der Waals surface area contributed by atoms with Crippen LogP contribution in [0.1, 0.15) is 17.0 Å². The molecule has 0 radical (unpaired) electrons. The average Bonchev–Trinajstić information content (AvgIpc) is 3.18. The maximum atomic E-state index is 6.52. The number of aryl methyl sites for hydroxylation is 2. The number of thiazole rings is 1. The zero-order valence-corrected chi connectivity index (χ0v) is 18.9. The summed E-state index contributed by atoms with van der Waals surface area (Å²) in [5.41, 5.74) is 8.38. The van der Waals surface area contributed by atoms with Crippen molar-refractivity contribution in [3.05, 3.63) is 63.6 Å². The number of hydrogen-bond acceptors (Lipinski definition) is 8. The van der Waals surface area contributed by atoms with Gasteiger partial charge in [0, 0.05) is 34.7 Å². The first-order valence-corrected chi connectivity index (χ1v) is 11.0. The first-order chi connectivity index (χ1) is 15.0. The predicted octanol–water partition coefficient (Wildman–Crippen LogP) is 5.13. The van der Waals surface area contributed by atoms with Crippen molar-refractivity contribution in [1.29, 1.82) is 0 Å². The molecular weight excluding hydrogens is 455 g/mol. The van der Waals surface area contributed by atoms with Crippen molar-refractivity contribution in [3.63, 3.8) is 0 Å². The molecule has 0 bridgehead atoms. The van der Waals surface area contributed by atoms with Crippen LogP contribution in [0.5, 0.6) is 5.75 Å². The van der Waals surface area contributed by atoms with Gasteiger partial charge in [0.25, 0.3) is 0 Å². The van der Waals surface area contributed by atoms with Crippen LogP contribution in [0.3, 0.4) is 0 Å². The molecule has 0 saturated carbocycles. The van der Waals surface area contributed by atoms with Crippen molar-refractivity contribution in [3.8, 4) is 28.5 Å². The van der Waals surface area contributed by atoms with Crippen LogP contribution in [0.15, 0.2) is 43.0 Å². The van der Waals surface area contributed by atoms with Gasteiger partial charge in [0.1, 0.15) is 11.4 Å². The van der Waals surface area contributed by atoms with Crippen LogP contribution in [0.2, 0.25) is 10.0 Å². The Bertz CT molecular complexity index is 1180. The number of nitrogen functional groups attached to an aromatic ring is 1. The molecule has 0 amide bonds. The summed E-state index contributed by atoms with van der Waals surface area (Å²) >= 11 is 14.5. The summed E-state index contributed by atoms with van der Waals surface area (Å²) in [5.74, 6) is 1.04. The maximum absolute atomic E-state index is 6.52. The fraction of sp³-hybridized carbons (Fsp3) is 0.190. The van der Waals surface area contributed by atoms with Crippen LogP contribution in [0.4, 0.5) is 5.13 Å². The average molecular weight is 473 g/mol. The minimum absolute atomic E-state index is 0.444. The SMILES string of the molecule is COc1cc(Cl)c(-c2cc(CCCc3cnc(N)s3)nc(-c3cnccn3)n2)c(Cl)c1. The van der Waals surface area contributed by atoms with E-state index in [0.717, 1.165) is 29.8 Å². The van der Waals surface area contributed by atoms with E-state index < -0.39 is 0 Å². The van der Waals surface area contributed by atoms with E-state index in [1.807, 2.05) is 12.3 Å². The van der Waals surface area contributed by atoms with E-state index in [1.165, 1.54) is 11.3 Å². The topological polar surface area (TPSA) is 99.7 Å². The molecule has 2 N–H and O–H groups in total. The zero-order chi connectivity index (χ0) is 21.8. The molecule has 3 aromatic heterocycles. The number of anilines is 1. The summed E-state index contributed by atoms with van der Waals surface area (Å²) < 4.78 is 5.25. The van der Waals surface area contributed by atoms with Crippen molar-refractivity contribution in [2.75, 3.05) is 12.8 Å². The van der Waals surface area contributed by atoms with Crippen LogP contribution < -0.4 is 10.5 Å². The number of methoxy groups -OCH3 is 1. The molecule has 7 nitrogen and oxygen atoms in total. The van der Waals surface area contributed by atoms with Gasteiger partial charge < -0.3 is 10.5 Å². The van der Waals surface area contributed by atoms with Crippen LogP contribution in [-0.2, 0) is 12.8 Å². The van der Waals surface area contributed by atoms with Gasteiger partial charge in [0.05, 0.1) is 29.0 Å². The van der Waals surface area contributed by atoms with Gasteiger partial charge in [-0.2, -0.15) is 0 Å². The second kappa shape index (κ2) is 9.55. The van der Waals surface area contributed by atoms with E-state index in [0.29, 0.717) is 43.7 Å². The number of ether oxygens (including phenoxy) is 1. The number of nitrogens with zero attached hydrogens (tertiary/aromatic N) is 5. The standard InChI is InChI=1S/C21H18Cl2N6OS/c1-30-13-8-15(22)19(16(23)9-13)17-7-12(3-2-4-14-10-27-21(24)31-14)28-20(29-17)18-11-25-5-6-26-18/h5-11H,2-4H2,1H3,(H2,24,27). The summed E-state index contributed by atoms with van der Waals surface area (Å²) in [6, 6.07) is 5.32. The molecule has 1 aromatic carbocycles. The Labute approximate surface area is 193 Å². The molecule has 3 heterocycles. The highest BCUT2D eigenvalue weighted by molar-refractivity contribution is 7.15. The Hall–Kier alpha value is -2.81. The van der Waals surface area contributed by atoms with Crippen molar-refractivity contribution in [1.82, 2.24) is 24.9 Å². The van der Waals surface area contributed by atoms with Gasteiger partial charge in [0.2, 0.25) is 0 Å². The molecule has 0 fully saturated rings. The fourth-order valence-corrected chi connectivity index (χ4v) is 4.46. The molecule has 0 unspecified atom stereocenters. The molecule has 4 rings (SSSR count). The first-order valence-electron chi connectivity index (χ1n) is 9.41.